The molecular weight excluding hydrogens is 424 g/mol. The van der Waals surface area contributed by atoms with E-state index < -0.39 is 14.9 Å². The van der Waals surface area contributed by atoms with Crippen LogP contribution < -0.4 is 4.72 Å². The maximum atomic E-state index is 12.8. The SMILES string of the molecule is Cc1ccc([N+](=O)[O-])cc1S(=O)(=O)Nc1cc(Br)c(O)c2ccccc12. The monoisotopic (exact) mass is 436 g/mol. The standard InChI is InChI=1S/C17H13BrN2O5S/c1-10-6-7-11(20(22)23)8-16(10)26(24,25)19-15-9-14(18)17(21)13-5-3-2-4-12(13)15/h2-9,19,21H,1H3. The highest BCUT2D eigenvalue weighted by Crippen LogP contribution is 2.38. The molecule has 0 unspecified atom stereocenters. The fourth-order valence-corrected chi connectivity index (χ4v) is 4.38. The van der Waals surface area contributed by atoms with E-state index in [1.54, 1.807) is 31.2 Å². The van der Waals surface area contributed by atoms with Crippen LogP contribution in [0.1, 0.15) is 5.56 Å². The van der Waals surface area contributed by atoms with Crippen molar-refractivity contribution < 1.29 is 18.4 Å². The average Bonchev–Trinajstić information content (AvgIpc) is 2.59. The number of sulfonamides is 1. The van der Waals surface area contributed by atoms with Gasteiger partial charge in [-0.3, -0.25) is 14.8 Å². The van der Waals surface area contributed by atoms with Crippen molar-refractivity contribution >= 4 is 48.1 Å². The van der Waals surface area contributed by atoms with Gasteiger partial charge in [0.1, 0.15) is 5.75 Å². The van der Waals surface area contributed by atoms with Crippen molar-refractivity contribution in [3.63, 3.8) is 0 Å². The first-order valence-electron chi connectivity index (χ1n) is 7.39. The first kappa shape index (κ1) is 18.2. The number of benzene rings is 3. The molecule has 0 saturated carbocycles. The third kappa shape index (κ3) is 3.23. The number of hydrogen-bond donors (Lipinski definition) is 2. The van der Waals surface area contributed by atoms with Crippen molar-refractivity contribution in [2.24, 2.45) is 0 Å². The summed E-state index contributed by atoms with van der Waals surface area (Å²) >= 11 is 3.20. The first-order chi connectivity index (χ1) is 12.2. The number of nitro groups is 1. The van der Waals surface area contributed by atoms with Crippen LogP contribution in [0.2, 0.25) is 0 Å². The Bertz CT molecular complexity index is 1150. The number of anilines is 1. The van der Waals surface area contributed by atoms with Crippen molar-refractivity contribution in [3.8, 4) is 5.75 Å². The minimum absolute atomic E-state index is 0.00456. The van der Waals surface area contributed by atoms with Gasteiger partial charge in [0.15, 0.2) is 0 Å². The number of hydrogen-bond acceptors (Lipinski definition) is 5. The quantitative estimate of drug-likeness (QED) is 0.359. The van der Waals surface area contributed by atoms with Gasteiger partial charge in [-0.1, -0.05) is 30.3 Å². The Labute approximate surface area is 157 Å². The van der Waals surface area contributed by atoms with E-state index in [0.717, 1.165) is 6.07 Å². The second-order valence-corrected chi connectivity index (χ2v) is 8.12. The number of aromatic hydroxyl groups is 1. The normalized spacial score (nSPS) is 11.5. The largest absolute Gasteiger partial charge is 0.506 e. The molecule has 3 rings (SSSR count). The number of non-ortho nitro benzene ring substituents is 1. The van der Waals surface area contributed by atoms with E-state index in [-0.39, 0.29) is 22.0 Å². The zero-order valence-corrected chi connectivity index (χ0v) is 15.8. The molecule has 3 aromatic carbocycles. The number of phenols is 1. The number of rotatable bonds is 4. The molecule has 2 N–H and O–H groups in total. The van der Waals surface area contributed by atoms with E-state index >= 15 is 0 Å². The fraction of sp³-hybridized carbons (Fsp3) is 0.0588. The van der Waals surface area contributed by atoms with E-state index in [2.05, 4.69) is 20.7 Å². The number of fused-ring (bicyclic) bond motifs is 1. The highest BCUT2D eigenvalue weighted by molar-refractivity contribution is 9.10. The van der Waals surface area contributed by atoms with Crippen LogP contribution in [0, 0.1) is 17.0 Å². The zero-order chi connectivity index (χ0) is 19.1. The van der Waals surface area contributed by atoms with Crippen LogP contribution >= 0.6 is 15.9 Å². The lowest BCUT2D eigenvalue weighted by Crippen LogP contribution is -2.15. The summed E-state index contributed by atoms with van der Waals surface area (Å²) in [5.41, 5.74) is 0.314. The van der Waals surface area contributed by atoms with Gasteiger partial charge in [0.2, 0.25) is 0 Å². The van der Waals surface area contributed by atoms with Gasteiger partial charge in [0.05, 0.1) is 20.0 Å². The molecule has 0 bridgehead atoms. The van der Waals surface area contributed by atoms with Crippen LogP contribution in [0.15, 0.2) is 57.9 Å². The Kier molecular flexibility index (Phi) is 4.59. The van der Waals surface area contributed by atoms with Gasteiger partial charge in [-0.15, -0.1) is 0 Å². The lowest BCUT2D eigenvalue weighted by atomic mass is 10.1. The van der Waals surface area contributed by atoms with Crippen LogP contribution in [0.4, 0.5) is 11.4 Å². The molecule has 7 nitrogen and oxygen atoms in total. The van der Waals surface area contributed by atoms with Gasteiger partial charge >= 0.3 is 0 Å². The zero-order valence-electron chi connectivity index (χ0n) is 13.4. The maximum absolute atomic E-state index is 12.8. The Hall–Kier alpha value is -2.65. The molecule has 0 saturated heterocycles. The topological polar surface area (TPSA) is 110 Å². The van der Waals surface area contributed by atoms with Crippen LogP contribution in [0.3, 0.4) is 0 Å². The first-order valence-corrected chi connectivity index (χ1v) is 9.66. The van der Waals surface area contributed by atoms with E-state index in [9.17, 15) is 23.6 Å². The van der Waals surface area contributed by atoms with Crippen LogP contribution in [-0.4, -0.2) is 18.4 Å². The number of nitrogens with zero attached hydrogens (tertiary/aromatic N) is 1. The molecule has 0 fully saturated rings. The number of nitrogens with one attached hydrogen (secondary N) is 1. The average molecular weight is 437 g/mol. The summed E-state index contributed by atoms with van der Waals surface area (Å²) < 4.78 is 28.4. The smallest absolute Gasteiger partial charge is 0.270 e. The summed E-state index contributed by atoms with van der Waals surface area (Å²) in [7, 11) is -4.08. The number of nitro benzene ring substituents is 1. The van der Waals surface area contributed by atoms with Crippen molar-refractivity contribution in [2.45, 2.75) is 11.8 Å². The summed E-state index contributed by atoms with van der Waals surface area (Å²) in [6.07, 6.45) is 0. The van der Waals surface area contributed by atoms with Crippen molar-refractivity contribution in [2.75, 3.05) is 4.72 Å². The summed E-state index contributed by atoms with van der Waals surface area (Å²) in [5.74, 6) is -0.00456. The van der Waals surface area contributed by atoms with Gasteiger partial charge in [-0.25, -0.2) is 8.42 Å². The molecule has 26 heavy (non-hydrogen) atoms. The Morgan fingerprint density at radius 2 is 1.77 bits per heavy atom. The third-order valence-corrected chi connectivity index (χ3v) is 6.00. The van der Waals surface area contributed by atoms with Crippen molar-refractivity contribution in [1.82, 2.24) is 0 Å². The minimum atomic E-state index is -4.08. The van der Waals surface area contributed by atoms with Crippen molar-refractivity contribution in [3.05, 3.63) is 68.7 Å². The second-order valence-electron chi connectivity index (χ2n) is 5.61. The Morgan fingerprint density at radius 3 is 2.42 bits per heavy atom. The number of phenolic OH excluding ortho intramolecular Hbond substituents is 1. The predicted octanol–water partition coefficient (Wildman–Crippen LogP) is 4.33. The molecule has 134 valence electrons. The lowest BCUT2D eigenvalue weighted by molar-refractivity contribution is -0.385. The van der Waals surface area contributed by atoms with E-state index in [1.807, 2.05) is 0 Å². The lowest BCUT2D eigenvalue weighted by Gasteiger charge is -2.14. The molecule has 0 aliphatic heterocycles. The molecular formula is C17H13BrN2O5S. The minimum Gasteiger partial charge on any atom is -0.506 e. The van der Waals surface area contributed by atoms with Gasteiger partial charge in [-0.05, 0) is 34.5 Å². The van der Waals surface area contributed by atoms with Crippen LogP contribution in [0.5, 0.6) is 5.75 Å². The molecule has 0 aromatic heterocycles. The molecule has 0 atom stereocenters. The van der Waals surface area contributed by atoms with E-state index in [4.69, 9.17) is 0 Å². The molecule has 9 heteroatoms. The van der Waals surface area contributed by atoms with Crippen LogP contribution in [-0.2, 0) is 10.0 Å². The molecule has 3 aromatic rings. The molecule has 0 aliphatic carbocycles. The fourth-order valence-electron chi connectivity index (χ4n) is 2.60. The van der Waals surface area contributed by atoms with Gasteiger partial charge in [0.25, 0.3) is 15.7 Å². The van der Waals surface area contributed by atoms with Gasteiger partial charge < -0.3 is 5.11 Å². The second kappa shape index (κ2) is 6.58. The summed E-state index contributed by atoms with van der Waals surface area (Å²) in [6, 6.07) is 11.9. The summed E-state index contributed by atoms with van der Waals surface area (Å²) in [4.78, 5) is 10.1. The van der Waals surface area contributed by atoms with Gasteiger partial charge in [-0.2, -0.15) is 0 Å². The number of halogens is 1. The third-order valence-electron chi connectivity index (χ3n) is 3.89. The molecule has 0 aliphatic rings. The predicted molar refractivity (Wildman–Crippen MR) is 102 cm³/mol. The van der Waals surface area contributed by atoms with Crippen LogP contribution in [0.25, 0.3) is 10.8 Å². The van der Waals surface area contributed by atoms with Crippen molar-refractivity contribution in [1.29, 1.82) is 0 Å². The molecule has 0 amide bonds. The van der Waals surface area contributed by atoms with E-state index in [1.165, 1.54) is 18.2 Å². The molecule has 0 radical (unpaired) electrons. The number of aryl methyl sites for hydroxylation is 1. The Balaban J connectivity index is 2.15. The molecule has 0 heterocycles. The molecule has 0 spiro atoms. The highest BCUT2D eigenvalue weighted by Gasteiger charge is 2.22. The maximum Gasteiger partial charge on any atom is 0.270 e. The summed E-state index contributed by atoms with van der Waals surface area (Å²) in [6.45, 7) is 1.56. The summed E-state index contributed by atoms with van der Waals surface area (Å²) in [5, 5.41) is 22.1. The Morgan fingerprint density at radius 1 is 1.12 bits per heavy atom. The van der Waals surface area contributed by atoms with Gasteiger partial charge in [0, 0.05) is 22.9 Å². The van der Waals surface area contributed by atoms with E-state index in [0.29, 0.717) is 20.8 Å². The highest BCUT2D eigenvalue weighted by atomic mass is 79.9.